The zero-order valence-electron chi connectivity index (χ0n) is 20.0. The van der Waals surface area contributed by atoms with Gasteiger partial charge >= 0.3 is 0 Å². The summed E-state index contributed by atoms with van der Waals surface area (Å²) in [5.74, 6) is -0.0524. The molecule has 4 N–H and O–H groups in total. The Bertz CT molecular complexity index is 944. The second kappa shape index (κ2) is 10.9. The van der Waals surface area contributed by atoms with E-state index in [1.165, 1.54) is 12.8 Å². The number of rotatable bonds is 7. The molecule has 0 unspecified atom stereocenters. The Morgan fingerprint density at radius 2 is 2.12 bits per heavy atom. The Hall–Kier alpha value is -2.15. The lowest BCUT2D eigenvalue weighted by Crippen LogP contribution is -2.42. The van der Waals surface area contributed by atoms with Crippen molar-refractivity contribution in [3.8, 4) is 0 Å². The molecule has 6 nitrogen and oxygen atoms in total. The largest absolute Gasteiger partial charge is 0.390 e. The average molecular weight is 473 g/mol. The predicted molar refractivity (Wildman–Crippen MR) is 136 cm³/mol. The lowest BCUT2D eigenvalue weighted by atomic mass is 9.83. The Labute approximate surface area is 202 Å². The van der Waals surface area contributed by atoms with Crippen LogP contribution in [-0.4, -0.2) is 51.7 Å². The van der Waals surface area contributed by atoms with E-state index in [1.807, 2.05) is 26.0 Å². The van der Waals surface area contributed by atoms with Crippen molar-refractivity contribution < 1.29 is 9.90 Å². The molecule has 0 aromatic carbocycles. The molecule has 1 amide bonds. The van der Waals surface area contributed by atoms with E-state index in [1.54, 1.807) is 12.3 Å². The lowest BCUT2D eigenvalue weighted by Gasteiger charge is -2.33. The maximum atomic E-state index is 12.9. The monoisotopic (exact) mass is 472 g/mol. The van der Waals surface area contributed by atoms with Crippen molar-refractivity contribution in [2.24, 2.45) is 0 Å². The standard InChI is InChI=1S/C26H37ClN4O2/c1-5-19(14-23(27)17(2)16-31-12-6-7-18(31)3)20-13-22(24(28)29-15-20)25(32)30-21-8-10-26(4,33)11-9-21/h5,13-15,18,21,33H,2,6-12,16H2,1,3-4H3,(H2,28,29)(H,30,32)/b19-5+,23-14+/t18-,21-,26-/m1/s1. The van der Waals surface area contributed by atoms with Crippen LogP contribution < -0.4 is 11.1 Å². The van der Waals surface area contributed by atoms with Gasteiger partial charge in [0.2, 0.25) is 0 Å². The summed E-state index contributed by atoms with van der Waals surface area (Å²) in [5.41, 5.74) is 8.23. The number of carbonyl (C=O) groups excluding carboxylic acids is 1. The van der Waals surface area contributed by atoms with Gasteiger partial charge in [0.1, 0.15) is 5.82 Å². The van der Waals surface area contributed by atoms with Crippen LogP contribution in [0.2, 0.25) is 0 Å². The summed E-state index contributed by atoms with van der Waals surface area (Å²) in [6.07, 6.45) is 10.7. The molecule has 0 spiro atoms. The number of halogens is 1. The number of hydrogen-bond donors (Lipinski definition) is 3. The summed E-state index contributed by atoms with van der Waals surface area (Å²) >= 11 is 6.62. The van der Waals surface area contributed by atoms with Crippen LogP contribution in [0.25, 0.3) is 5.57 Å². The molecule has 1 saturated carbocycles. The van der Waals surface area contributed by atoms with Gasteiger partial charge in [0.25, 0.3) is 5.91 Å². The van der Waals surface area contributed by atoms with E-state index >= 15 is 0 Å². The molecule has 2 aliphatic rings. The number of amides is 1. The molecule has 180 valence electrons. The number of nitrogen functional groups attached to an aromatic ring is 1. The number of likely N-dealkylation sites (tertiary alicyclic amines) is 1. The van der Waals surface area contributed by atoms with Crippen molar-refractivity contribution >= 4 is 28.9 Å². The molecule has 1 aliphatic heterocycles. The number of nitrogens with two attached hydrogens (primary N) is 1. The number of hydrogen-bond acceptors (Lipinski definition) is 5. The van der Waals surface area contributed by atoms with E-state index in [0.717, 1.165) is 42.6 Å². The third-order valence-electron chi connectivity index (χ3n) is 6.91. The fourth-order valence-electron chi connectivity index (χ4n) is 4.58. The molecular weight excluding hydrogens is 436 g/mol. The highest BCUT2D eigenvalue weighted by Gasteiger charge is 2.30. The molecular formula is C26H37ClN4O2. The minimum absolute atomic E-state index is 0.0209. The van der Waals surface area contributed by atoms with Crippen LogP contribution in [0.5, 0.6) is 0 Å². The number of nitrogens with zero attached hydrogens (tertiary/aromatic N) is 2. The molecule has 0 bridgehead atoms. The van der Waals surface area contributed by atoms with Crippen LogP contribution in [0.15, 0.2) is 41.6 Å². The third-order valence-corrected chi connectivity index (χ3v) is 7.29. The van der Waals surface area contributed by atoms with Gasteiger partial charge < -0.3 is 16.2 Å². The Morgan fingerprint density at radius 1 is 1.42 bits per heavy atom. The van der Waals surface area contributed by atoms with Crippen molar-refractivity contribution in [1.29, 1.82) is 0 Å². The second-order valence-corrected chi connectivity index (χ2v) is 10.1. The van der Waals surface area contributed by atoms with Gasteiger partial charge in [-0.2, -0.15) is 0 Å². The molecule has 1 aliphatic carbocycles. The first-order valence-corrected chi connectivity index (χ1v) is 12.2. The van der Waals surface area contributed by atoms with E-state index in [-0.39, 0.29) is 17.8 Å². The van der Waals surface area contributed by atoms with Crippen molar-refractivity contribution in [2.75, 3.05) is 18.8 Å². The number of carbonyl (C=O) groups is 1. The number of aliphatic hydroxyl groups is 1. The predicted octanol–water partition coefficient (Wildman–Crippen LogP) is 4.65. The maximum absolute atomic E-state index is 12.9. The van der Waals surface area contributed by atoms with Gasteiger partial charge in [-0.25, -0.2) is 4.98 Å². The fourth-order valence-corrected chi connectivity index (χ4v) is 4.76. The first-order chi connectivity index (χ1) is 15.6. The molecule has 7 heteroatoms. The SMILES string of the molecule is C=C(CN1CCC[C@H]1C)/C(Cl)=C\C(=C/C)c1cnc(N)c(C(=O)N[C@H]2CC[C@](C)(O)CC2)c1. The summed E-state index contributed by atoms with van der Waals surface area (Å²) in [5, 5.41) is 13.8. The summed E-state index contributed by atoms with van der Waals surface area (Å²) in [7, 11) is 0. The van der Waals surface area contributed by atoms with Crippen molar-refractivity contribution in [3.63, 3.8) is 0 Å². The van der Waals surface area contributed by atoms with Crippen molar-refractivity contribution in [3.05, 3.63) is 52.7 Å². The summed E-state index contributed by atoms with van der Waals surface area (Å²) in [4.78, 5) is 19.6. The first kappa shape index (κ1) is 25.5. The fraction of sp³-hybridized carbons (Fsp3) is 0.538. The molecule has 33 heavy (non-hydrogen) atoms. The smallest absolute Gasteiger partial charge is 0.255 e. The zero-order valence-corrected chi connectivity index (χ0v) is 20.8. The lowest BCUT2D eigenvalue weighted by molar-refractivity contribution is 0.0140. The summed E-state index contributed by atoms with van der Waals surface area (Å²) in [6, 6.07) is 2.33. The number of allylic oxidation sites excluding steroid dienone is 3. The number of aromatic nitrogens is 1. The van der Waals surface area contributed by atoms with Gasteiger partial charge in [-0.05, 0) is 89.1 Å². The van der Waals surface area contributed by atoms with E-state index in [0.29, 0.717) is 29.5 Å². The number of anilines is 1. The van der Waals surface area contributed by atoms with Crippen LogP contribution in [-0.2, 0) is 0 Å². The Kier molecular flexibility index (Phi) is 8.38. The highest BCUT2D eigenvalue weighted by molar-refractivity contribution is 6.32. The topological polar surface area (TPSA) is 91.5 Å². The highest BCUT2D eigenvalue weighted by Crippen LogP contribution is 2.29. The van der Waals surface area contributed by atoms with Gasteiger partial charge in [0, 0.05) is 35.4 Å². The molecule has 2 heterocycles. The van der Waals surface area contributed by atoms with E-state index in [4.69, 9.17) is 17.3 Å². The molecule has 1 aromatic rings. The molecule has 1 atom stereocenters. The highest BCUT2D eigenvalue weighted by atomic mass is 35.5. The van der Waals surface area contributed by atoms with E-state index in [9.17, 15) is 9.90 Å². The Balaban J connectivity index is 1.71. The van der Waals surface area contributed by atoms with E-state index < -0.39 is 5.60 Å². The molecule has 0 radical (unpaired) electrons. The molecule has 1 saturated heterocycles. The minimum Gasteiger partial charge on any atom is -0.390 e. The summed E-state index contributed by atoms with van der Waals surface area (Å²) < 4.78 is 0. The molecule has 1 aromatic heterocycles. The summed E-state index contributed by atoms with van der Waals surface area (Å²) in [6.45, 7) is 12.0. The number of nitrogens with one attached hydrogen (secondary N) is 1. The first-order valence-electron chi connectivity index (χ1n) is 11.8. The quantitative estimate of drug-likeness (QED) is 0.502. The second-order valence-electron chi connectivity index (χ2n) is 9.70. The van der Waals surface area contributed by atoms with Crippen LogP contribution in [0.3, 0.4) is 0 Å². The van der Waals surface area contributed by atoms with Crippen LogP contribution in [0, 0.1) is 0 Å². The zero-order chi connectivity index (χ0) is 24.2. The van der Waals surface area contributed by atoms with Gasteiger partial charge in [-0.1, -0.05) is 24.3 Å². The third kappa shape index (κ3) is 6.69. The van der Waals surface area contributed by atoms with E-state index in [2.05, 4.69) is 28.7 Å². The molecule has 2 fully saturated rings. The number of pyridine rings is 1. The minimum atomic E-state index is -0.648. The van der Waals surface area contributed by atoms with Crippen LogP contribution in [0.1, 0.15) is 75.2 Å². The van der Waals surface area contributed by atoms with Crippen LogP contribution >= 0.6 is 11.6 Å². The van der Waals surface area contributed by atoms with Gasteiger partial charge in [-0.15, -0.1) is 0 Å². The molecule has 3 rings (SSSR count). The van der Waals surface area contributed by atoms with Crippen molar-refractivity contribution in [2.45, 2.75) is 77.0 Å². The van der Waals surface area contributed by atoms with Crippen LogP contribution in [0.4, 0.5) is 5.82 Å². The van der Waals surface area contributed by atoms with Crippen molar-refractivity contribution in [1.82, 2.24) is 15.2 Å². The Morgan fingerprint density at radius 3 is 2.73 bits per heavy atom. The van der Waals surface area contributed by atoms with Gasteiger partial charge in [-0.3, -0.25) is 9.69 Å². The maximum Gasteiger partial charge on any atom is 0.255 e. The van der Waals surface area contributed by atoms with Gasteiger partial charge in [0.05, 0.1) is 11.2 Å². The van der Waals surface area contributed by atoms with Gasteiger partial charge in [0.15, 0.2) is 0 Å². The normalized spacial score (nSPS) is 26.9. The average Bonchev–Trinajstić information content (AvgIpc) is 3.18.